The van der Waals surface area contributed by atoms with Gasteiger partial charge in [0.15, 0.2) is 0 Å². The molecule has 0 aromatic carbocycles. The van der Waals surface area contributed by atoms with Gasteiger partial charge in [0, 0.05) is 13.2 Å². The van der Waals surface area contributed by atoms with E-state index in [2.05, 4.69) is 10.1 Å². The van der Waals surface area contributed by atoms with Crippen molar-refractivity contribution in [1.29, 1.82) is 0 Å². The Labute approximate surface area is 124 Å². The summed E-state index contributed by atoms with van der Waals surface area (Å²) in [6.07, 6.45) is 2.62. The maximum absolute atomic E-state index is 12.0. The molecule has 0 spiro atoms. The van der Waals surface area contributed by atoms with Crippen molar-refractivity contribution in [3.8, 4) is 11.5 Å². The third-order valence-electron chi connectivity index (χ3n) is 3.13. The summed E-state index contributed by atoms with van der Waals surface area (Å²) >= 11 is 0. The molecule has 0 fully saturated rings. The van der Waals surface area contributed by atoms with E-state index in [0.717, 1.165) is 17.7 Å². The molecule has 21 heavy (non-hydrogen) atoms. The van der Waals surface area contributed by atoms with E-state index in [9.17, 15) is 4.79 Å². The summed E-state index contributed by atoms with van der Waals surface area (Å²) in [5.41, 5.74) is 2.33. The van der Waals surface area contributed by atoms with E-state index in [4.69, 9.17) is 9.15 Å². The molecule has 0 amide bonds. The minimum Gasteiger partial charge on any atom is -0.460 e. The van der Waals surface area contributed by atoms with Gasteiger partial charge in [0.2, 0.25) is 11.7 Å². The fraction of sp³-hybridized carbons (Fsp3) is 0.533. The number of aromatic nitrogens is 3. The number of hydrogen-bond acceptors (Lipinski definition) is 5. The Kier molecular flexibility index (Phi) is 4.45. The first-order chi connectivity index (χ1) is 9.97. The predicted molar refractivity (Wildman–Crippen MR) is 78.1 cm³/mol. The second-order valence-corrected chi connectivity index (χ2v) is 5.13. The van der Waals surface area contributed by atoms with Crippen LogP contribution in [0.3, 0.4) is 0 Å². The highest BCUT2D eigenvalue weighted by Crippen LogP contribution is 2.29. The van der Waals surface area contributed by atoms with Crippen LogP contribution < -0.4 is 0 Å². The molecule has 0 saturated carbocycles. The minimum absolute atomic E-state index is 0.0728. The molecule has 2 aromatic heterocycles. The Morgan fingerprint density at radius 1 is 1.43 bits per heavy atom. The summed E-state index contributed by atoms with van der Waals surface area (Å²) in [4.78, 5) is 16.5. The monoisotopic (exact) mass is 291 g/mol. The molecule has 0 atom stereocenters. The van der Waals surface area contributed by atoms with Gasteiger partial charge in [-0.05, 0) is 19.3 Å². The zero-order valence-corrected chi connectivity index (χ0v) is 13.1. The smallest absolute Gasteiger partial charge is 0.376 e. The molecule has 114 valence electrons. The van der Waals surface area contributed by atoms with Crippen molar-refractivity contribution in [1.82, 2.24) is 14.8 Å². The molecule has 0 radical (unpaired) electrons. The summed E-state index contributed by atoms with van der Waals surface area (Å²) in [6, 6.07) is 0. The van der Waals surface area contributed by atoms with Crippen molar-refractivity contribution >= 4 is 5.97 Å². The van der Waals surface area contributed by atoms with Crippen molar-refractivity contribution in [3.63, 3.8) is 0 Å². The minimum atomic E-state index is -0.470. The summed E-state index contributed by atoms with van der Waals surface area (Å²) in [5.74, 6) is 0.213. The molecule has 0 bridgehead atoms. The third kappa shape index (κ3) is 2.99. The quantitative estimate of drug-likeness (QED) is 0.792. The molecule has 6 heteroatoms. The molecule has 0 N–H and O–H groups in total. The molecule has 0 aliphatic carbocycles. The van der Waals surface area contributed by atoms with Gasteiger partial charge in [-0.25, -0.2) is 9.78 Å². The van der Waals surface area contributed by atoms with Crippen LogP contribution in [-0.4, -0.2) is 27.3 Å². The van der Waals surface area contributed by atoms with Crippen LogP contribution in [0.15, 0.2) is 10.6 Å². The number of carbonyl (C=O) groups is 1. The summed E-state index contributed by atoms with van der Waals surface area (Å²) in [7, 11) is 1.85. The Bertz CT molecular complexity index is 641. The highest BCUT2D eigenvalue weighted by Gasteiger charge is 2.25. The normalized spacial score (nSPS) is 11.1. The number of carbonyl (C=O) groups excluding carboxylic acids is 1. The summed E-state index contributed by atoms with van der Waals surface area (Å²) in [5, 5.41) is 4.37. The molecule has 2 heterocycles. The zero-order valence-electron chi connectivity index (χ0n) is 13.1. The van der Waals surface area contributed by atoms with Crippen LogP contribution in [-0.2, 0) is 18.2 Å². The van der Waals surface area contributed by atoms with Crippen molar-refractivity contribution < 1.29 is 13.9 Å². The van der Waals surface area contributed by atoms with Gasteiger partial charge in [-0.2, -0.15) is 5.10 Å². The van der Waals surface area contributed by atoms with E-state index >= 15 is 0 Å². The summed E-state index contributed by atoms with van der Waals surface area (Å²) < 4.78 is 12.4. The fourth-order valence-electron chi connectivity index (χ4n) is 2.16. The molecular formula is C15H21N3O3. The lowest BCUT2D eigenvalue weighted by Gasteiger charge is -2.02. The van der Waals surface area contributed by atoms with E-state index in [1.54, 1.807) is 11.6 Å². The van der Waals surface area contributed by atoms with E-state index in [1.807, 2.05) is 34.0 Å². The van der Waals surface area contributed by atoms with Crippen LogP contribution in [0.1, 0.15) is 55.6 Å². The van der Waals surface area contributed by atoms with E-state index in [-0.39, 0.29) is 11.7 Å². The summed E-state index contributed by atoms with van der Waals surface area (Å²) in [6.45, 7) is 8.02. The van der Waals surface area contributed by atoms with Gasteiger partial charge in [-0.15, -0.1) is 0 Å². The van der Waals surface area contributed by atoms with E-state index in [1.165, 1.54) is 0 Å². The Morgan fingerprint density at radius 2 is 2.14 bits per heavy atom. The van der Waals surface area contributed by atoms with Gasteiger partial charge in [-0.3, -0.25) is 4.68 Å². The number of ether oxygens (including phenoxy) is 1. The molecule has 6 nitrogen and oxygen atoms in total. The van der Waals surface area contributed by atoms with Gasteiger partial charge < -0.3 is 9.15 Å². The number of nitrogens with zero attached hydrogens (tertiary/aromatic N) is 3. The van der Waals surface area contributed by atoms with Gasteiger partial charge >= 0.3 is 5.97 Å². The molecule has 0 unspecified atom stereocenters. The van der Waals surface area contributed by atoms with Gasteiger partial charge in [0.05, 0.1) is 23.6 Å². The second-order valence-electron chi connectivity index (χ2n) is 5.13. The molecular weight excluding hydrogens is 270 g/mol. The van der Waals surface area contributed by atoms with Crippen molar-refractivity contribution in [2.24, 2.45) is 7.05 Å². The van der Waals surface area contributed by atoms with Gasteiger partial charge in [-0.1, -0.05) is 20.8 Å². The van der Waals surface area contributed by atoms with Crippen LogP contribution in [0.4, 0.5) is 0 Å². The lowest BCUT2D eigenvalue weighted by Crippen LogP contribution is -2.07. The van der Waals surface area contributed by atoms with Gasteiger partial charge in [0.25, 0.3) is 0 Å². The van der Waals surface area contributed by atoms with Crippen LogP contribution >= 0.6 is 0 Å². The van der Waals surface area contributed by atoms with Gasteiger partial charge in [0.1, 0.15) is 0 Å². The molecule has 0 aliphatic rings. The first-order valence-corrected chi connectivity index (χ1v) is 7.18. The van der Waals surface area contributed by atoms with Crippen LogP contribution in [0.2, 0.25) is 0 Å². The lowest BCUT2D eigenvalue weighted by molar-refractivity contribution is 0.0488. The zero-order chi connectivity index (χ0) is 15.6. The number of rotatable bonds is 5. The number of oxazole rings is 1. The highest BCUT2D eigenvalue weighted by molar-refractivity contribution is 5.88. The lowest BCUT2D eigenvalue weighted by atomic mass is 10.1. The van der Waals surface area contributed by atoms with Crippen molar-refractivity contribution in [2.75, 3.05) is 6.61 Å². The number of aryl methyl sites for hydroxylation is 2. The Hall–Kier alpha value is -2.11. The van der Waals surface area contributed by atoms with Crippen molar-refractivity contribution in [2.45, 2.75) is 40.0 Å². The largest absolute Gasteiger partial charge is 0.460 e. The number of hydrogen-bond donors (Lipinski definition) is 0. The molecule has 2 rings (SSSR count). The first kappa shape index (κ1) is 15.3. The van der Waals surface area contributed by atoms with E-state index < -0.39 is 5.97 Å². The first-order valence-electron chi connectivity index (χ1n) is 7.18. The maximum Gasteiger partial charge on any atom is 0.376 e. The van der Waals surface area contributed by atoms with Crippen LogP contribution in [0.5, 0.6) is 0 Å². The average Bonchev–Trinajstić information content (AvgIpc) is 3.02. The molecule has 0 aliphatic heterocycles. The SMILES string of the molecule is CCOC(=O)c1oc(-c2cn(C)nc2CC)nc1C(C)C. The second kappa shape index (κ2) is 6.11. The van der Waals surface area contributed by atoms with Crippen LogP contribution in [0.25, 0.3) is 11.5 Å². The maximum atomic E-state index is 12.0. The topological polar surface area (TPSA) is 70.2 Å². The molecule has 0 saturated heterocycles. The van der Waals surface area contributed by atoms with Crippen molar-refractivity contribution in [3.05, 3.63) is 23.3 Å². The standard InChI is InChI=1S/C15H21N3O3/c1-6-11-10(8-18(5)17-11)14-16-12(9(3)4)13(21-14)15(19)20-7-2/h8-9H,6-7H2,1-5H3. The average molecular weight is 291 g/mol. The number of esters is 1. The fourth-order valence-corrected chi connectivity index (χ4v) is 2.16. The predicted octanol–water partition coefficient (Wildman–Crippen LogP) is 2.94. The highest BCUT2D eigenvalue weighted by atomic mass is 16.5. The Morgan fingerprint density at radius 3 is 2.71 bits per heavy atom. The third-order valence-corrected chi connectivity index (χ3v) is 3.13. The van der Waals surface area contributed by atoms with E-state index in [0.29, 0.717) is 18.2 Å². The van der Waals surface area contributed by atoms with Crippen LogP contribution in [0, 0.1) is 0 Å². The molecule has 2 aromatic rings. The Balaban J connectivity index is 2.50.